The molecule has 3 atom stereocenters. The van der Waals surface area contributed by atoms with Crippen molar-refractivity contribution < 1.29 is 9.59 Å². The Bertz CT molecular complexity index is 367. The fourth-order valence-corrected chi connectivity index (χ4v) is 2.80. The molecule has 1 aliphatic heterocycles. The van der Waals surface area contributed by atoms with Crippen LogP contribution in [0.2, 0.25) is 0 Å². The van der Waals surface area contributed by atoms with Gasteiger partial charge in [-0.25, -0.2) is 4.79 Å². The van der Waals surface area contributed by atoms with Crippen LogP contribution < -0.4 is 0 Å². The minimum atomic E-state index is -0.153. The number of rotatable bonds is 7. The van der Waals surface area contributed by atoms with Gasteiger partial charge in [-0.3, -0.25) is 9.69 Å². The summed E-state index contributed by atoms with van der Waals surface area (Å²) in [7, 11) is 1.77. The van der Waals surface area contributed by atoms with Crippen LogP contribution in [0.1, 0.15) is 52.9 Å². The Balaban J connectivity index is 2.78. The Morgan fingerprint density at radius 2 is 2.00 bits per heavy atom. The predicted molar refractivity (Wildman–Crippen MR) is 81.4 cm³/mol. The summed E-state index contributed by atoms with van der Waals surface area (Å²) in [4.78, 5) is 28.0. The van der Waals surface area contributed by atoms with Crippen LogP contribution in [0.5, 0.6) is 0 Å². The van der Waals surface area contributed by atoms with Crippen LogP contribution in [0, 0.1) is 5.92 Å². The molecule has 4 nitrogen and oxygen atoms in total. The molecule has 0 aliphatic carbocycles. The van der Waals surface area contributed by atoms with E-state index in [0.717, 1.165) is 32.1 Å². The van der Waals surface area contributed by atoms with E-state index in [-0.39, 0.29) is 29.9 Å². The first kappa shape index (κ1) is 16.7. The van der Waals surface area contributed by atoms with Crippen molar-refractivity contribution in [2.24, 2.45) is 5.92 Å². The molecule has 20 heavy (non-hydrogen) atoms. The van der Waals surface area contributed by atoms with Gasteiger partial charge in [-0.05, 0) is 39.5 Å². The first-order valence-electron chi connectivity index (χ1n) is 7.66. The van der Waals surface area contributed by atoms with E-state index in [2.05, 4.69) is 13.5 Å². The molecular formula is C16H28N2O2. The Kier molecular flexibility index (Phi) is 6.24. The van der Waals surface area contributed by atoms with Crippen LogP contribution in [0.4, 0.5) is 4.79 Å². The average Bonchev–Trinajstić information content (AvgIpc) is 2.62. The predicted octanol–water partition coefficient (Wildman–Crippen LogP) is 3.43. The summed E-state index contributed by atoms with van der Waals surface area (Å²) in [5, 5.41) is 0. The molecule has 1 fully saturated rings. The van der Waals surface area contributed by atoms with Gasteiger partial charge in [0.2, 0.25) is 5.91 Å². The molecule has 0 aromatic heterocycles. The van der Waals surface area contributed by atoms with E-state index in [4.69, 9.17) is 0 Å². The fraction of sp³-hybridized carbons (Fsp3) is 0.750. The van der Waals surface area contributed by atoms with E-state index in [1.54, 1.807) is 11.9 Å². The maximum absolute atomic E-state index is 12.7. The smallest absolute Gasteiger partial charge is 0.323 e. The summed E-state index contributed by atoms with van der Waals surface area (Å²) in [5.74, 6) is -0.0327. The van der Waals surface area contributed by atoms with Crippen LogP contribution in [-0.4, -0.2) is 40.9 Å². The number of allylic oxidation sites excluding steroid dienone is 1. The highest BCUT2D eigenvalue weighted by Gasteiger charge is 2.43. The van der Waals surface area contributed by atoms with Crippen molar-refractivity contribution in [3.8, 4) is 0 Å². The van der Waals surface area contributed by atoms with Crippen LogP contribution in [0.3, 0.4) is 0 Å². The highest BCUT2D eigenvalue weighted by Crippen LogP contribution is 2.26. The van der Waals surface area contributed by atoms with Gasteiger partial charge in [-0.2, -0.15) is 0 Å². The number of hydrogen-bond acceptors (Lipinski definition) is 2. The quantitative estimate of drug-likeness (QED) is 0.529. The summed E-state index contributed by atoms with van der Waals surface area (Å²) in [5.41, 5.74) is 0. The molecule has 1 aliphatic rings. The zero-order valence-corrected chi connectivity index (χ0v) is 13.3. The lowest BCUT2D eigenvalue weighted by molar-refractivity contribution is -0.133. The fourth-order valence-electron chi connectivity index (χ4n) is 2.80. The lowest BCUT2D eigenvalue weighted by Gasteiger charge is -2.24. The number of carbonyl (C=O) groups excluding carboxylic acids is 2. The summed E-state index contributed by atoms with van der Waals surface area (Å²) < 4.78 is 0. The van der Waals surface area contributed by atoms with Gasteiger partial charge < -0.3 is 4.90 Å². The van der Waals surface area contributed by atoms with Gasteiger partial charge >= 0.3 is 6.03 Å². The molecule has 0 N–H and O–H groups in total. The van der Waals surface area contributed by atoms with E-state index >= 15 is 0 Å². The third-order valence-corrected chi connectivity index (χ3v) is 4.41. The summed E-state index contributed by atoms with van der Waals surface area (Å²) >= 11 is 0. The number of amides is 3. The van der Waals surface area contributed by atoms with Crippen molar-refractivity contribution >= 4 is 11.9 Å². The van der Waals surface area contributed by atoms with E-state index in [1.807, 2.05) is 19.9 Å². The second-order valence-corrected chi connectivity index (χ2v) is 5.79. The first-order valence-corrected chi connectivity index (χ1v) is 7.66. The van der Waals surface area contributed by atoms with Crippen molar-refractivity contribution in [2.45, 2.75) is 65.0 Å². The highest BCUT2D eigenvalue weighted by atomic mass is 16.2. The topological polar surface area (TPSA) is 40.6 Å². The second kappa shape index (κ2) is 7.46. The first-order chi connectivity index (χ1) is 9.45. The number of likely N-dealkylation sites (N-methyl/N-ethyl adjacent to an activating group) is 1. The maximum Gasteiger partial charge on any atom is 0.327 e. The van der Waals surface area contributed by atoms with Gasteiger partial charge in [0.15, 0.2) is 0 Å². The van der Waals surface area contributed by atoms with Gasteiger partial charge in [0, 0.05) is 13.0 Å². The summed E-state index contributed by atoms with van der Waals surface area (Å²) in [6, 6.07) is -0.111. The number of imide groups is 1. The Hall–Kier alpha value is -1.32. The van der Waals surface area contributed by atoms with Crippen molar-refractivity contribution in [1.82, 2.24) is 9.80 Å². The molecule has 1 heterocycles. The van der Waals surface area contributed by atoms with E-state index < -0.39 is 0 Å². The second-order valence-electron chi connectivity index (χ2n) is 5.79. The molecule has 4 heteroatoms. The molecule has 1 rings (SSSR count). The minimum absolute atomic E-state index is 0.00427. The molecule has 3 amide bonds. The van der Waals surface area contributed by atoms with Crippen LogP contribution in [0.15, 0.2) is 12.7 Å². The van der Waals surface area contributed by atoms with Gasteiger partial charge in [0.25, 0.3) is 0 Å². The third kappa shape index (κ3) is 3.41. The van der Waals surface area contributed by atoms with Gasteiger partial charge in [0.1, 0.15) is 0 Å². The van der Waals surface area contributed by atoms with Crippen molar-refractivity contribution in [3.05, 3.63) is 12.7 Å². The van der Waals surface area contributed by atoms with Gasteiger partial charge in [-0.1, -0.05) is 19.4 Å². The Morgan fingerprint density at radius 1 is 1.35 bits per heavy atom. The van der Waals surface area contributed by atoms with Gasteiger partial charge in [-0.15, -0.1) is 6.58 Å². The normalized spacial score (nSPS) is 24.1. The van der Waals surface area contributed by atoms with Crippen LogP contribution in [-0.2, 0) is 4.79 Å². The zero-order chi connectivity index (χ0) is 15.3. The Morgan fingerprint density at radius 3 is 2.45 bits per heavy atom. The van der Waals surface area contributed by atoms with Crippen molar-refractivity contribution in [3.63, 3.8) is 0 Å². The lowest BCUT2D eigenvalue weighted by atomic mass is 9.95. The van der Waals surface area contributed by atoms with Gasteiger partial charge in [0.05, 0.1) is 12.1 Å². The molecule has 114 valence electrons. The minimum Gasteiger partial charge on any atom is -0.323 e. The molecule has 0 aromatic carbocycles. The zero-order valence-electron chi connectivity index (χ0n) is 13.3. The number of urea groups is 1. The summed E-state index contributed by atoms with van der Waals surface area (Å²) in [6.45, 7) is 9.74. The molecule has 0 spiro atoms. The van der Waals surface area contributed by atoms with E-state index in [0.29, 0.717) is 0 Å². The summed E-state index contributed by atoms with van der Waals surface area (Å²) in [6.07, 6.45) is 6.42. The monoisotopic (exact) mass is 280 g/mol. The third-order valence-electron chi connectivity index (χ3n) is 4.41. The highest BCUT2D eigenvalue weighted by molar-refractivity contribution is 5.97. The van der Waals surface area contributed by atoms with Crippen LogP contribution >= 0.6 is 0 Å². The molecule has 0 radical (unpaired) electrons. The molecule has 0 saturated carbocycles. The van der Waals surface area contributed by atoms with Crippen molar-refractivity contribution in [1.29, 1.82) is 0 Å². The standard InChI is InChI=1S/C16H28N2O2/c1-6-8-9-11-14(10-7-2)15(19)18-13(4)12(3)17(5)16(18)20/h6,12-14H,1,7-11H2,2-5H3. The molecule has 3 unspecified atom stereocenters. The Labute approximate surface area is 122 Å². The number of nitrogens with zero attached hydrogens (tertiary/aromatic N) is 2. The van der Waals surface area contributed by atoms with Crippen molar-refractivity contribution in [2.75, 3.05) is 7.05 Å². The SMILES string of the molecule is C=CCCCC(CCC)C(=O)N1C(=O)N(C)C(C)C1C. The number of hydrogen-bond donors (Lipinski definition) is 0. The largest absolute Gasteiger partial charge is 0.327 e. The molecule has 0 aromatic rings. The average molecular weight is 280 g/mol. The number of unbranched alkanes of at least 4 members (excludes halogenated alkanes) is 1. The maximum atomic E-state index is 12.7. The molecule has 0 bridgehead atoms. The van der Waals surface area contributed by atoms with E-state index in [9.17, 15) is 9.59 Å². The number of carbonyl (C=O) groups is 2. The molecule has 1 saturated heterocycles. The van der Waals surface area contributed by atoms with E-state index in [1.165, 1.54) is 4.90 Å². The lowest BCUT2D eigenvalue weighted by Crippen LogP contribution is -2.42. The van der Waals surface area contributed by atoms with Crippen LogP contribution in [0.25, 0.3) is 0 Å². The molecular weight excluding hydrogens is 252 g/mol.